The van der Waals surface area contributed by atoms with Gasteiger partial charge in [0.2, 0.25) is 11.8 Å². The first kappa shape index (κ1) is 15.0. The van der Waals surface area contributed by atoms with E-state index in [0.29, 0.717) is 12.8 Å². The van der Waals surface area contributed by atoms with Crippen LogP contribution in [0.3, 0.4) is 0 Å². The van der Waals surface area contributed by atoms with E-state index in [9.17, 15) is 9.59 Å². The molecule has 0 aromatic heterocycles. The van der Waals surface area contributed by atoms with Gasteiger partial charge in [-0.3, -0.25) is 9.59 Å². The van der Waals surface area contributed by atoms with Crippen LogP contribution in [0, 0.1) is 5.92 Å². The van der Waals surface area contributed by atoms with E-state index in [1.807, 2.05) is 24.3 Å². The molecule has 2 aliphatic heterocycles. The molecule has 1 aromatic rings. The summed E-state index contributed by atoms with van der Waals surface area (Å²) < 4.78 is 0. The first-order chi connectivity index (χ1) is 10.7. The SMILES string of the molecule is O=C(CCC1Cc2ccccc2NC1=O)N[C@H]1CCCNC1. The van der Waals surface area contributed by atoms with Gasteiger partial charge in [0.1, 0.15) is 0 Å². The van der Waals surface area contributed by atoms with Crippen LogP contribution < -0.4 is 16.0 Å². The van der Waals surface area contributed by atoms with Gasteiger partial charge in [0.05, 0.1) is 0 Å². The Bertz CT molecular complexity index is 553. The Labute approximate surface area is 130 Å². The molecule has 2 aliphatic rings. The van der Waals surface area contributed by atoms with Crippen molar-refractivity contribution in [1.29, 1.82) is 0 Å². The van der Waals surface area contributed by atoms with Crippen molar-refractivity contribution in [2.24, 2.45) is 5.92 Å². The number of amides is 2. The molecule has 1 unspecified atom stereocenters. The van der Waals surface area contributed by atoms with Crippen LogP contribution in [0.5, 0.6) is 0 Å². The van der Waals surface area contributed by atoms with E-state index < -0.39 is 0 Å². The molecule has 0 radical (unpaired) electrons. The fraction of sp³-hybridized carbons (Fsp3) is 0.529. The number of carbonyl (C=O) groups excluding carboxylic acids is 2. The summed E-state index contributed by atoms with van der Waals surface area (Å²) in [5.41, 5.74) is 2.06. The molecule has 118 valence electrons. The fourth-order valence-corrected chi connectivity index (χ4v) is 3.23. The zero-order chi connectivity index (χ0) is 15.4. The molecule has 0 aliphatic carbocycles. The molecule has 2 amide bonds. The number of para-hydroxylation sites is 1. The lowest BCUT2D eigenvalue weighted by Crippen LogP contribution is -2.45. The number of carbonyl (C=O) groups is 2. The van der Waals surface area contributed by atoms with Gasteiger partial charge in [-0.1, -0.05) is 18.2 Å². The maximum atomic E-state index is 12.1. The molecule has 2 atom stereocenters. The summed E-state index contributed by atoms with van der Waals surface area (Å²) in [4.78, 5) is 24.1. The Morgan fingerprint density at radius 1 is 1.32 bits per heavy atom. The lowest BCUT2D eigenvalue weighted by atomic mass is 9.89. The maximum absolute atomic E-state index is 12.1. The van der Waals surface area contributed by atoms with Crippen LogP contribution in [0.4, 0.5) is 5.69 Å². The van der Waals surface area contributed by atoms with Crippen molar-refractivity contribution in [3.05, 3.63) is 29.8 Å². The van der Waals surface area contributed by atoms with Crippen LogP contribution in [0.15, 0.2) is 24.3 Å². The molecule has 1 saturated heterocycles. The van der Waals surface area contributed by atoms with Gasteiger partial charge in [0.15, 0.2) is 0 Å². The van der Waals surface area contributed by atoms with Crippen LogP contribution >= 0.6 is 0 Å². The van der Waals surface area contributed by atoms with E-state index in [4.69, 9.17) is 0 Å². The minimum absolute atomic E-state index is 0.0332. The highest BCUT2D eigenvalue weighted by atomic mass is 16.2. The molecule has 0 bridgehead atoms. The van der Waals surface area contributed by atoms with Gasteiger partial charge in [-0.05, 0) is 43.9 Å². The summed E-state index contributed by atoms with van der Waals surface area (Å²) in [5.74, 6) is -0.0173. The Balaban J connectivity index is 1.49. The highest BCUT2D eigenvalue weighted by Crippen LogP contribution is 2.27. The predicted octanol–water partition coefficient (Wildman–Crippen LogP) is 1.45. The lowest BCUT2D eigenvalue weighted by Gasteiger charge is -2.26. The standard InChI is InChI=1S/C17H23N3O2/c21-16(19-14-5-3-9-18-11-14)8-7-13-10-12-4-1-2-6-15(12)20-17(13)22/h1-2,4,6,13-14,18H,3,5,7-11H2,(H,19,21)(H,20,22)/t13?,14-/m0/s1. The van der Waals surface area contributed by atoms with Crippen LogP contribution in [-0.2, 0) is 16.0 Å². The smallest absolute Gasteiger partial charge is 0.227 e. The van der Waals surface area contributed by atoms with Crippen molar-refractivity contribution in [2.45, 2.75) is 38.1 Å². The van der Waals surface area contributed by atoms with Crippen molar-refractivity contribution in [1.82, 2.24) is 10.6 Å². The van der Waals surface area contributed by atoms with Gasteiger partial charge in [-0.25, -0.2) is 0 Å². The summed E-state index contributed by atoms with van der Waals surface area (Å²) in [6.45, 7) is 1.89. The van der Waals surface area contributed by atoms with Gasteiger partial charge in [-0.2, -0.15) is 0 Å². The van der Waals surface area contributed by atoms with Gasteiger partial charge < -0.3 is 16.0 Å². The van der Waals surface area contributed by atoms with Crippen molar-refractivity contribution in [3.63, 3.8) is 0 Å². The predicted molar refractivity (Wildman–Crippen MR) is 85.5 cm³/mol. The quantitative estimate of drug-likeness (QED) is 0.788. The van der Waals surface area contributed by atoms with E-state index in [1.54, 1.807) is 0 Å². The van der Waals surface area contributed by atoms with Crippen molar-refractivity contribution in [2.75, 3.05) is 18.4 Å². The minimum Gasteiger partial charge on any atom is -0.352 e. The first-order valence-corrected chi connectivity index (χ1v) is 8.11. The van der Waals surface area contributed by atoms with Crippen molar-refractivity contribution >= 4 is 17.5 Å². The number of benzene rings is 1. The Morgan fingerprint density at radius 2 is 2.18 bits per heavy atom. The second-order valence-corrected chi connectivity index (χ2v) is 6.20. The monoisotopic (exact) mass is 301 g/mol. The molecule has 5 heteroatoms. The summed E-state index contributed by atoms with van der Waals surface area (Å²) in [7, 11) is 0. The van der Waals surface area contributed by atoms with Crippen LogP contribution in [-0.4, -0.2) is 30.9 Å². The molecule has 3 N–H and O–H groups in total. The van der Waals surface area contributed by atoms with Gasteiger partial charge in [0.25, 0.3) is 0 Å². The number of fused-ring (bicyclic) bond motifs is 1. The van der Waals surface area contributed by atoms with Crippen LogP contribution in [0.1, 0.15) is 31.2 Å². The lowest BCUT2D eigenvalue weighted by molar-refractivity contribution is -0.123. The third-order valence-electron chi connectivity index (χ3n) is 4.49. The molecule has 0 saturated carbocycles. The molecular weight excluding hydrogens is 278 g/mol. The number of anilines is 1. The third kappa shape index (κ3) is 3.65. The van der Waals surface area contributed by atoms with Crippen LogP contribution in [0.25, 0.3) is 0 Å². The second-order valence-electron chi connectivity index (χ2n) is 6.20. The van der Waals surface area contributed by atoms with Crippen LogP contribution in [0.2, 0.25) is 0 Å². The molecule has 1 aromatic carbocycles. The summed E-state index contributed by atoms with van der Waals surface area (Å²) >= 11 is 0. The number of piperidine rings is 1. The first-order valence-electron chi connectivity index (χ1n) is 8.11. The van der Waals surface area contributed by atoms with Gasteiger partial charge in [0, 0.05) is 30.6 Å². The average Bonchev–Trinajstić information content (AvgIpc) is 2.54. The second kappa shape index (κ2) is 6.92. The molecule has 22 heavy (non-hydrogen) atoms. The van der Waals surface area contributed by atoms with E-state index >= 15 is 0 Å². The molecule has 5 nitrogen and oxygen atoms in total. The van der Waals surface area contributed by atoms with E-state index in [1.165, 1.54) is 0 Å². The maximum Gasteiger partial charge on any atom is 0.227 e. The summed E-state index contributed by atoms with van der Waals surface area (Å²) in [6, 6.07) is 8.10. The Hall–Kier alpha value is -1.88. The average molecular weight is 301 g/mol. The normalized spacial score (nSPS) is 24.3. The van der Waals surface area contributed by atoms with E-state index in [-0.39, 0.29) is 23.8 Å². The number of hydrogen-bond donors (Lipinski definition) is 3. The molecule has 1 fully saturated rings. The number of rotatable bonds is 4. The van der Waals surface area contributed by atoms with Gasteiger partial charge >= 0.3 is 0 Å². The summed E-state index contributed by atoms with van der Waals surface area (Å²) in [6.07, 6.45) is 3.88. The molecule has 3 rings (SSSR count). The van der Waals surface area contributed by atoms with Crippen molar-refractivity contribution in [3.8, 4) is 0 Å². The fourth-order valence-electron chi connectivity index (χ4n) is 3.23. The van der Waals surface area contributed by atoms with E-state index in [0.717, 1.165) is 43.6 Å². The molecule has 0 spiro atoms. The third-order valence-corrected chi connectivity index (χ3v) is 4.49. The molecular formula is C17H23N3O2. The van der Waals surface area contributed by atoms with Gasteiger partial charge in [-0.15, -0.1) is 0 Å². The Morgan fingerprint density at radius 3 is 3.00 bits per heavy atom. The Kier molecular flexibility index (Phi) is 4.73. The van der Waals surface area contributed by atoms with E-state index in [2.05, 4.69) is 16.0 Å². The highest BCUT2D eigenvalue weighted by molar-refractivity contribution is 5.96. The van der Waals surface area contributed by atoms with Crippen molar-refractivity contribution < 1.29 is 9.59 Å². The topological polar surface area (TPSA) is 70.2 Å². The zero-order valence-electron chi connectivity index (χ0n) is 12.7. The zero-order valence-corrected chi connectivity index (χ0v) is 12.7. The number of nitrogens with one attached hydrogen (secondary N) is 3. The molecule has 2 heterocycles. The largest absolute Gasteiger partial charge is 0.352 e. The number of hydrogen-bond acceptors (Lipinski definition) is 3. The minimum atomic E-state index is -0.106. The summed E-state index contributed by atoms with van der Waals surface area (Å²) in [5, 5.41) is 9.28. The highest BCUT2D eigenvalue weighted by Gasteiger charge is 2.26.